The van der Waals surface area contributed by atoms with Crippen LogP contribution in [-0.2, 0) is 0 Å². The van der Waals surface area contributed by atoms with E-state index in [1.54, 1.807) is 24.7 Å². The van der Waals surface area contributed by atoms with Crippen LogP contribution in [0.2, 0.25) is 0 Å². The van der Waals surface area contributed by atoms with Crippen LogP contribution in [0.3, 0.4) is 0 Å². The molecule has 0 saturated heterocycles. The number of rotatable bonds is 2. The van der Waals surface area contributed by atoms with Crippen LogP contribution in [0.4, 0.5) is 4.39 Å². The van der Waals surface area contributed by atoms with E-state index in [0.717, 1.165) is 11.4 Å². The summed E-state index contributed by atoms with van der Waals surface area (Å²) in [5.41, 5.74) is 7.56. The number of hydrogen-bond acceptors (Lipinski definition) is 2. The topological polar surface area (TPSA) is 43.8 Å². The van der Waals surface area contributed by atoms with Gasteiger partial charge in [-0.25, -0.2) is 9.37 Å². The van der Waals surface area contributed by atoms with Gasteiger partial charge < -0.3 is 10.3 Å². The van der Waals surface area contributed by atoms with Gasteiger partial charge in [-0.15, -0.1) is 0 Å². The van der Waals surface area contributed by atoms with E-state index in [1.807, 2.05) is 11.5 Å². The van der Waals surface area contributed by atoms with Gasteiger partial charge in [-0.1, -0.05) is 0 Å². The van der Waals surface area contributed by atoms with E-state index >= 15 is 0 Å². The summed E-state index contributed by atoms with van der Waals surface area (Å²) in [5.74, 6) is -0.249. The molecule has 2 rings (SSSR count). The highest BCUT2D eigenvalue weighted by molar-refractivity contribution is 5.34. The number of nitrogens with two attached hydrogens (primary N) is 1. The zero-order valence-electron chi connectivity index (χ0n) is 8.39. The number of imidazole rings is 1. The number of halogens is 1. The molecule has 1 aromatic carbocycles. The monoisotopic (exact) mass is 205 g/mol. The molecule has 0 unspecified atom stereocenters. The minimum atomic E-state index is -0.249. The first kappa shape index (κ1) is 9.86. The molecule has 2 aromatic rings. The molecular weight excluding hydrogens is 193 g/mol. The first-order valence-electron chi connectivity index (χ1n) is 4.72. The molecule has 0 fully saturated rings. The average molecular weight is 205 g/mol. The maximum atomic E-state index is 12.7. The quantitative estimate of drug-likeness (QED) is 0.815. The third-order valence-corrected chi connectivity index (χ3v) is 2.24. The van der Waals surface area contributed by atoms with E-state index in [2.05, 4.69) is 4.98 Å². The molecule has 78 valence electrons. The van der Waals surface area contributed by atoms with Crippen LogP contribution in [0.15, 0.2) is 36.8 Å². The van der Waals surface area contributed by atoms with Crippen molar-refractivity contribution in [1.29, 1.82) is 0 Å². The van der Waals surface area contributed by atoms with Crippen molar-refractivity contribution in [2.75, 3.05) is 0 Å². The van der Waals surface area contributed by atoms with E-state index in [0.29, 0.717) is 0 Å². The minimum absolute atomic E-state index is 0.0995. The Bertz CT molecular complexity index is 445. The van der Waals surface area contributed by atoms with Crippen LogP contribution >= 0.6 is 0 Å². The van der Waals surface area contributed by atoms with Crippen LogP contribution in [0, 0.1) is 5.82 Å². The van der Waals surface area contributed by atoms with Gasteiger partial charge in [-0.05, 0) is 31.2 Å². The Kier molecular flexibility index (Phi) is 2.51. The highest BCUT2D eigenvalue weighted by Crippen LogP contribution is 2.15. The third-order valence-electron chi connectivity index (χ3n) is 2.24. The van der Waals surface area contributed by atoms with Gasteiger partial charge >= 0.3 is 0 Å². The second-order valence-corrected chi connectivity index (χ2v) is 3.45. The third kappa shape index (κ3) is 1.89. The zero-order valence-corrected chi connectivity index (χ0v) is 8.39. The van der Waals surface area contributed by atoms with Crippen molar-refractivity contribution in [3.63, 3.8) is 0 Å². The molecule has 1 heterocycles. The van der Waals surface area contributed by atoms with E-state index in [9.17, 15) is 4.39 Å². The highest BCUT2D eigenvalue weighted by atomic mass is 19.1. The van der Waals surface area contributed by atoms with Crippen LogP contribution in [-0.4, -0.2) is 9.55 Å². The van der Waals surface area contributed by atoms with Gasteiger partial charge in [0.1, 0.15) is 5.82 Å². The lowest BCUT2D eigenvalue weighted by Crippen LogP contribution is -2.10. The predicted octanol–water partition coefficient (Wildman–Crippen LogP) is 2.03. The summed E-state index contributed by atoms with van der Waals surface area (Å²) < 4.78 is 14.6. The van der Waals surface area contributed by atoms with Gasteiger partial charge in [-0.2, -0.15) is 0 Å². The molecule has 3 nitrogen and oxygen atoms in total. The van der Waals surface area contributed by atoms with Crippen LogP contribution < -0.4 is 5.73 Å². The molecule has 0 aliphatic carbocycles. The normalized spacial score (nSPS) is 12.7. The predicted molar refractivity (Wildman–Crippen MR) is 56.1 cm³/mol. The Morgan fingerprint density at radius 3 is 2.60 bits per heavy atom. The SMILES string of the molecule is C[C@H](N)c1cncn1-c1ccc(F)cc1. The molecule has 0 saturated carbocycles. The Labute approximate surface area is 87.4 Å². The van der Waals surface area contributed by atoms with Crippen molar-refractivity contribution < 1.29 is 4.39 Å². The van der Waals surface area contributed by atoms with Gasteiger partial charge in [0.2, 0.25) is 0 Å². The van der Waals surface area contributed by atoms with Crippen molar-refractivity contribution in [1.82, 2.24) is 9.55 Å². The molecule has 0 amide bonds. The molecule has 0 spiro atoms. The van der Waals surface area contributed by atoms with Crippen molar-refractivity contribution in [2.24, 2.45) is 5.73 Å². The summed E-state index contributed by atoms with van der Waals surface area (Å²) in [6, 6.07) is 6.13. The number of benzene rings is 1. The van der Waals surface area contributed by atoms with Gasteiger partial charge in [0.15, 0.2) is 0 Å². The zero-order chi connectivity index (χ0) is 10.8. The number of nitrogens with zero attached hydrogens (tertiary/aromatic N) is 2. The van der Waals surface area contributed by atoms with E-state index in [-0.39, 0.29) is 11.9 Å². The molecule has 0 radical (unpaired) electrons. The number of aromatic nitrogens is 2. The highest BCUT2D eigenvalue weighted by Gasteiger charge is 2.07. The Morgan fingerprint density at radius 2 is 2.00 bits per heavy atom. The largest absolute Gasteiger partial charge is 0.323 e. The molecule has 4 heteroatoms. The summed E-state index contributed by atoms with van der Waals surface area (Å²) in [5, 5.41) is 0. The fourth-order valence-corrected chi connectivity index (χ4v) is 1.46. The molecule has 0 aliphatic rings. The molecule has 1 aromatic heterocycles. The lowest BCUT2D eigenvalue weighted by molar-refractivity contribution is 0.627. The molecule has 15 heavy (non-hydrogen) atoms. The second-order valence-electron chi connectivity index (χ2n) is 3.45. The Hall–Kier alpha value is -1.68. The summed E-state index contributed by atoms with van der Waals surface area (Å²) in [7, 11) is 0. The van der Waals surface area contributed by atoms with Crippen LogP contribution in [0.1, 0.15) is 18.7 Å². The van der Waals surface area contributed by atoms with Crippen molar-refractivity contribution in [2.45, 2.75) is 13.0 Å². The molecule has 2 N–H and O–H groups in total. The summed E-state index contributed by atoms with van der Waals surface area (Å²) in [4.78, 5) is 4.03. The lowest BCUT2D eigenvalue weighted by Gasteiger charge is -2.10. The fourth-order valence-electron chi connectivity index (χ4n) is 1.46. The van der Waals surface area contributed by atoms with E-state index in [4.69, 9.17) is 5.73 Å². The van der Waals surface area contributed by atoms with Crippen LogP contribution in [0.25, 0.3) is 5.69 Å². The fraction of sp³-hybridized carbons (Fsp3) is 0.182. The first-order valence-corrected chi connectivity index (χ1v) is 4.72. The van der Waals surface area contributed by atoms with Crippen molar-refractivity contribution >= 4 is 0 Å². The van der Waals surface area contributed by atoms with E-state index in [1.165, 1.54) is 12.1 Å². The summed E-state index contributed by atoms with van der Waals surface area (Å²) >= 11 is 0. The molecule has 0 bridgehead atoms. The second kappa shape index (κ2) is 3.82. The minimum Gasteiger partial charge on any atom is -0.323 e. The average Bonchev–Trinajstić information content (AvgIpc) is 2.67. The molecule has 0 aliphatic heterocycles. The smallest absolute Gasteiger partial charge is 0.123 e. The van der Waals surface area contributed by atoms with Crippen molar-refractivity contribution in [3.8, 4) is 5.69 Å². The Morgan fingerprint density at radius 1 is 1.33 bits per heavy atom. The van der Waals surface area contributed by atoms with Gasteiger partial charge in [0.25, 0.3) is 0 Å². The molecular formula is C11H12FN3. The lowest BCUT2D eigenvalue weighted by atomic mass is 10.2. The summed E-state index contributed by atoms with van der Waals surface area (Å²) in [6.45, 7) is 1.89. The van der Waals surface area contributed by atoms with Gasteiger partial charge in [-0.3, -0.25) is 0 Å². The Balaban J connectivity index is 2.45. The summed E-state index contributed by atoms with van der Waals surface area (Å²) in [6.07, 6.45) is 3.39. The molecule has 1 atom stereocenters. The number of hydrogen-bond donors (Lipinski definition) is 1. The van der Waals surface area contributed by atoms with E-state index < -0.39 is 0 Å². The standard InChI is InChI=1S/C11H12FN3/c1-8(13)11-6-14-7-15(11)10-4-2-9(12)3-5-10/h2-8H,13H2,1H3/t8-/m0/s1. The van der Waals surface area contributed by atoms with Gasteiger partial charge in [0, 0.05) is 11.7 Å². The van der Waals surface area contributed by atoms with Crippen molar-refractivity contribution in [3.05, 3.63) is 48.3 Å². The van der Waals surface area contributed by atoms with Gasteiger partial charge in [0.05, 0.1) is 18.2 Å². The maximum absolute atomic E-state index is 12.7. The maximum Gasteiger partial charge on any atom is 0.123 e. The van der Waals surface area contributed by atoms with Crippen LogP contribution in [0.5, 0.6) is 0 Å². The first-order chi connectivity index (χ1) is 7.18.